The Bertz CT molecular complexity index is 1590. The molecule has 1 fully saturated rings. The first kappa shape index (κ1) is 30.5. The summed E-state index contributed by atoms with van der Waals surface area (Å²) in [4.78, 5) is 18.5. The van der Waals surface area contributed by atoms with Gasteiger partial charge in [0.25, 0.3) is 0 Å². The van der Waals surface area contributed by atoms with E-state index in [1.54, 1.807) is 18.2 Å². The van der Waals surface area contributed by atoms with Crippen molar-refractivity contribution in [3.8, 4) is 11.5 Å². The molecule has 1 aliphatic rings. The number of carbonyl (C=O) groups is 1. The molecule has 0 amide bonds. The third-order valence-corrected chi connectivity index (χ3v) is 7.85. The normalized spacial score (nSPS) is 14.3. The van der Waals surface area contributed by atoms with Gasteiger partial charge in [0.05, 0.1) is 19.2 Å². The van der Waals surface area contributed by atoms with E-state index in [-0.39, 0.29) is 18.9 Å². The van der Waals surface area contributed by atoms with E-state index >= 15 is 0 Å². The van der Waals surface area contributed by atoms with Crippen molar-refractivity contribution < 1.29 is 32.2 Å². The molecule has 1 saturated heterocycles. The predicted molar refractivity (Wildman–Crippen MR) is 157 cm³/mol. The summed E-state index contributed by atoms with van der Waals surface area (Å²) >= 11 is 5.84. The number of halogens is 4. The van der Waals surface area contributed by atoms with E-state index in [4.69, 9.17) is 21.1 Å². The smallest absolute Gasteiger partial charge is 0.387 e. The van der Waals surface area contributed by atoms with Gasteiger partial charge < -0.3 is 24.1 Å². The molecule has 228 valence electrons. The highest BCUT2D eigenvalue weighted by atomic mass is 35.5. The van der Waals surface area contributed by atoms with E-state index in [2.05, 4.69) is 26.0 Å². The average Bonchev–Trinajstić information content (AvgIpc) is 3.30. The van der Waals surface area contributed by atoms with Gasteiger partial charge in [-0.3, -0.25) is 9.69 Å². The number of hydrogen-bond donors (Lipinski definition) is 1. The molecule has 0 unspecified atom stereocenters. The number of esters is 1. The van der Waals surface area contributed by atoms with Gasteiger partial charge in [-0.2, -0.15) is 8.78 Å². The number of aryl methyl sites for hydroxylation is 1. The number of piperidine rings is 1. The van der Waals surface area contributed by atoms with E-state index < -0.39 is 18.4 Å². The van der Waals surface area contributed by atoms with E-state index in [1.807, 2.05) is 29.8 Å². The second-order valence-electron chi connectivity index (χ2n) is 10.4. The Balaban J connectivity index is 1.23. The van der Waals surface area contributed by atoms with Crippen LogP contribution < -0.4 is 14.8 Å². The Morgan fingerprint density at radius 1 is 1.14 bits per heavy atom. The van der Waals surface area contributed by atoms with Crippen LogP contribution in [-0.2, 0) is 29.7 Å². The first-order valence-corrected chi connectivity index (χ1v) is 14.2. The number of ether oxygens (including phenoxy) is 3. The van der Waals surface area contributed by atoms with Crippen molar-refractivity contribution in [3.63, 3.8) is 0 Å². The van der Waals surface area contributed by atoms with Crippen LogP contribution in [0.3, 0.4) is 0 Å². The Kier molecular flexibility index (Phi) is 9.62. The summed E-state index contributed by atoms with van der Waals surface area (Å²) < 4.78 is 57.7. The van der Waals surface area contributed by atoms with Crippen molar-refractivity contribution in [3.05, 3.63) is 82.4 Å². The molecule has 2 heterocycles. The largest absolute Gasteiger partial charge is 0.489 e. The number of aromatic nitrogens is 2. The summed E-state index contributed by atoms with van der Waals surface area (Å²) in [6, 6.07) is 15.6. The van der Waals surface area contributed by atoms with Gasteiger partial charge in [0.2, 0.25) is 0 Å². The lowest BCUT2D eigenvalue weighted by molar-refractivity contribution is -0.138. The fourth-order valence-corrected chi connectivity index (χ4v) is 5.42. The van der Waals surface area contributed by atoms with Gasteiger partial charge in [-0.15, -0.1) is 0 Å². The summed E-state index contributed by atoms with van der Waals surface area (Å²) in [7, 11) is 3.10. The molecule has 8 nitrogen and oxygen atoms in total. The third-order valence-electron chi connectivity index (χ3n) is 7.62. The fraction of sp³-hybridized carbons (Fsp3) is 0.355. The monoisotopic (exact) mass is 616 g/mol. The molecule has 0 radical (unpaired) electrons. The molecule has 3 aromatic carbocycles. The Morgan fingerprint density at radius 2 is 1.93 bits per heavy atom. The van der Waals surface area contributed by atoms with Crippen LogP contribution in [0.25, 0.3) is 11.0 Å². The molecule has 43 heavy (non-hydrogen) atoms. The highest BCUT2D eigenvalue weighted by Gasteiger charge is 2.24. The second-order valence-corrected chi connectivity index (χ2v) is 10.8. The van der Waals surface area contributed by atoms with E-state index in [0.29, 0.717) is 51.3 Å². The van der Waals surface area contributed by atoms with E-state index in [0.717, 1.165) is 31.5 Å². The summed E-state index contributed by atoms with van der Waals surface area (Å²) in [5.41, 5.74) is 2.97. The molecule has 5 rings (SSSR count). The van der Waals surface area contributed by atoms with Crippen LogP contribution in [0.1, 0.15) is 35.7 Å². The van der Waals surface area contributed by atoms with E-state index in [1.165, 1.54) is 19.2 Å². The molecular formula is C31H32ClF3N4O4. The number of fused-ring (bicyclic) bond motifs is 1. The van der Waals surface area contributed by atoms with Crippen molar-refractivity contribution in [1.29, 1.82) is 0 Å². The number of benzene rings is 3. The third kappa shape index (κ3) is 7.52. The minimum atomic E-state index is -3.02. The highest BCUT2D eigenvalue weighted by molar-refractivity contribution is 6.30. The number of likely N-dealkylation sites (tertiary alicyclic amines) is 1. The minimum Gasteiger partial charge on any atom is -0.489 e. The number of rotatable bonds is 11. The Morgan fingerprint density at radius 3 is 2.65 bits per heavy atom. The number of hydrogen-bond acceptors (Lipinski definition) is 7. The fourth-order valence-electron chi connectivity index (χ4n) is 5.26. The second kappa shape index (κ2) is 13.6. The van der Waals surface area contributed by atoms with Crippen molar-refractivity contribution in [2.75, 3.05) is 32.1 Å². The SMILES string of the molecule is COC(=O)CNc1cc(OC(F)F)c2nc(CN3CCC(c4cccc(OCc5ccc(Cl)cc5F)c4)CC3)n(C)c2c1. The molecule has 4 aromatic rings. The number of alkyl halides is 2. The maximum absolute atomic E-state index is 14.1. The highest BCUT2D eigenvalue weighted by Crippen LogP contribution is 2.34. The molecule has 1 N–H and O–H groups in total. The Hall–Kier alpha value is -3.96. The lowest BCUT2D eigenvalue weighted by Crippen LogP contribution is -2.33. The van der Waals surface area contributed by atoms with Crippen LogP contribution >= 0.6 is 11.6 Å². The average molecular weight is 617 g/mol. The van der Waals surface area contributed by atoms with Gasteiger partial charge >= 0.3 is 12.6 Å². The van der Waals surface area contributed by atoms with Crippen molar-refractivity contribution in [2.24, 2.45) is 7.05 Å². The maximum atomic E-state index is 14.1. The molecule has 0 spiro atoms. The predicted octanol–water partition coefficient (Wildman–Crippen LogP) is 6.51. The zero-order valence-electron chi connectivity index (χ0n) is 23.8. The van der Waals surface area contributed by atoms with Crippen LogP contribution in [0.4, 0.5) is 18.9 Å². The summed E-state index contributed by atoms with van der Waals surface area (Å²) in [6.07, 6.45) is 1.83. The van der Waals surface area contributed by atoms with E-state index in [9.17, 15) is 18.0 Å². The van der Waals surface area contributed by atoms with Crippen LogP contribution in [0.2, 0.25) is 5.02 Å². The maximum Gasteiger partial charge on any atom is 0.387 e. The van der Waals surface area contributed by atoms with Gasteiger partial charge in [0.1, 0.15) is 36.1 Å². The standard InChI is InChI=1S/C31H32ClF3N4O4/c1-38-26-14-23(36-16-29(40)41-2)15-27(43-31(34)35)30(26)37-28(38)17-39-10-8-19(9-11-39)20-4-3-5-24(12-20)42-18-21-6-7-22(32)13-25(21)33/h3-7,12-15,19,31,36H,8-11,16-18H2,1-2H3. The van der Waals surface area contributed by atoms with Gasteiger partial charge in [-0.25, -0.2) is 9.37 Å². The van der Waals surface area contributed by atoms with Gasteiger partial charge in [-0.05, 0) is 67.7 Å². The summed E-state index contributed by atoms with van der Waals surface area (Å²) in [6.45, 7) is -0.859. The number of methoxy groups -OCH3 is 1. The lowest BCUT2D eigenvalue weighted by atomic mass is 9.89. The number of nitrogens with zero attached hydrogens (tertiary/aromatic N) is 3. The first-order chi connectivity index (χ1) is 20.7. The van der Waals surface area contributed by atoms with Crippen molar-refractivity contribution in [2.45, 2.75) is 38.5 Å². The number of anilines is 1. The summed E-state index contributed by atoms with van der Waals surface area (Å²) in [5, 5.41) is 3.23. The molecule has 0 saturated carbocycles. The quantitative estimate of drug-likeness (QED) is 0.193. The van der Waals surface area contributed by atoms with Crippen LogP contribution in [-0.4, -0.2) is 53.8 Å². The van der Waals surface area contributed by atoms with Crippen molar-refractivity contribution >= 4 is 34.3 Å². The molecule has 1 aromatic heterocycles. The van der Waals surface area contributed by atoms with Gasteiger partial charge in [0.15, 0.2) is 5.75 Å². The number of nitrogens with one attached hydrogen (secondary N) is 1. The molecule has 0 bridgehead atoms. The van der Waals surface area contributed by atoms with Crippen LogP contribution in [0.15, 0.2) is 54.6 Å². The lowest BCUT2D eigenvalue weighted by Gasteiger charge is -2.32. The molecular weight excluding hydrogens is 585 g/mol. The topological polar surface area (TPSA) is 77.8 Å². The van der Waals surface area contributed by atoms with Crippen molar-refractivity contribution in [1.82, 2.24) is 14.5 Å². The number of carbonyl (C=O) groups excluding carboxylic acids is 1. The summed E-state index contributed by atoms with van der Waals surface area (Å²) in [5.74, 6) is 0.769. The van der Waals surface area contributed by atoms with Gasteiger partial charge in [0, 0.05) is 29.4 Å². The minimum absolute atomic E-state index is 0.0682. The van der Waals surface area contributed by atoms with Crippen LogP contribution in [0.5, 0.6) is 11.5 Å². The Labute approximate surface area is 252 Å². The molecule has 12 heteroatoms. The zero-order chi connectivity index (χ0) is 30.5. The molecule has 1 aliphatic heterocycles. The molecule has 0 aliphatic carbocycles. The number of imidazole rings is 1. The molecule has 0 atom stereocenters. The van der Waals surface area contributed by atoms with Gasteiger partial charge in [-0.1, -0.05) is 29.8 Å². The zero-order valence-corrected chi connectivity index (χ0v) is 24.5. The first-order valence-electron chi connectivity index (χ1n) is 13.8. The van der Waals surface area contributed by atoms with Crippen LogP contribution in [0, 0.1) is 5.82 Å².